The maximum absolute atomic E-state index is 12.7. The van der Waals surface area contributed by atoms with Crippen molar-refractivity contribution in [3.63, 3.8) is 0 Å². The summed E-state index contributed by atoms with van der Waals surface area (Å²) in [6.07, 6.45) is 0.799. The van der Waals surface area contributed by atoms with E-state index in [1.54, 1.807) is 0 Å². The van der Waals surface area contributed by atoms with Crippen LogP contribution in [0.4, 0.5) is 5.82 Å². The third kappa shape index (κ3) is 2.54. The molecule has 0 bridgehead atoms. The minimum absolute atomic E-state index is 0.0489. The van der Waals surface area contributed by atoms with Crippen LogP contribution in [0.1, 0.15) is 21.5 Å². The Morgan fingerprint density at radius 1 is 1.13 bits per heavy atom. The van der Waals surface area contributed by atoms with Gasteiger partial charge in [0.25, 0.3) is 5.91 Å². The second-order valence-electron chi connectivity index (χ2n) is 5.89. The van der Waals surface area contributed by atoms with E-state index in [2.05, 4.69) is 4.98 Å². The molecule has 1 amide bonds. The fourth-order valence-electron chi connectivity index (χ4n) is 3.27. The highest BCUT2D eigenvalue weighted by molar-refractivity contribution is 5.99. The fraction of sp³-hybridized carbons (Fsp3) is 0.412. The van der Waals surface area contributed by atoms with E-state index in [1.165, 1.54) is 0 Å². The summed E-state index contributed by atoms with van der Waals surface area (Å²) < 4.78 is 10.8. The minimum Gasteiger partial charge on any atom is -0.383 e. The number of amides is 1. The Hall–Kier alpha value is -2.18. The molecule has 0 atom stereocenters. The van der Waals surface area contributed by atoms with Gasteiger partial charge in [-0.05, 0) is 30.2 Å². The second-order valence-corrected chi connectivity index (χ2v) is 5.89. The van der Waals surface area contributed by atoms with Crippen LogP contribution in [0.3, 0.4) is 0 Å². The number of carbonyl (C=O) groups excluding carboxylic acids is 1. The number of pyridine rings is 1. The van der Waals surface area contributed by atoms with Gasteiger partial charge in [-0.1, -0.05) is 0 Å². The van der Waals surface area contributed by atoms with Crippen LogP contribution < -0.4 is 5.73 Å². The normalized spacial score (nSPS) is 18.0. The van der Waals surface area contributed by atoms with Crippen LogP contribution >= 0.6 is 0 Å². The molecule has 6 heteroatoms. The number of benzene rings is 1. The van der Waals surface area contributed by atoms with Crippen LogP contribution in [0.5, 0.6) is 0 Å². The molecule has 4 rings (SSSR count). The maximum atomic E-state index is 12.7. The summed E-state index contributed by atoms with van der Waals surface area (Å²) >= 11 is 0. The standard InChI is InChI=1S/C17H19N3O3/c18-16-14-10-23-6-3-12(14)13-9-11(1-2-15(13)19-16)17(21)20-4-7-22-8-5-20/h1-2,9H,3-8,10H2,(H2,18,19). The van der Waals surface area contributed by atoms with Crippen molar-refractivity contribution in [2.75, 3.05) is 38.6 Å². The minimum atomic E-state index is 0.0489. The highest BCUT2D eigenvalue weighted by atomic mass is 16.5. The van der Waals surface area contributed by atoms with Gasteiger partial charge in [0.2, 0.25) is 0 Å². The zero-order valence-corrected chi connectivity index (χ0v) is 12.9. The Balaban J connectivity index is 1.77. The highest BCUT2D eigenvalue weighted by Gasteiger charge is 2.21. The third-order valence-electron chi connectivity index (χ3n) is 4.52. The lowest BCUT2D eigenvalue weighted by molar-refractivity contribution is 0.0303. The summed E-state index contributed by atoms with van der Waals surface area (Å²) in [6.45, 7) is 3.65. The first-order valence-electron chi connectivity index (χ1n) is 7.90. The molecule has 2 aliphatic heterocycles. The first-order valence-corrected chi connectivity index (χ1v) is 7.90. The molecule has 2 N–H and O–H groups in total. The van der Waals surface area contributed by atoms with Crippen LogP contribution in [0.2, 0.25) is 0 Å². The molecule has 0 spiro atoms. The van der Waals surface area contributed by atoms with Gasteiger partial charge in [0, 0.05) is 29.6 Å². The van der Waals surface area contributed by atoms with E-state index in [1.807, 2.05) is 23.1 Å². The molecule has 1 fully saturated rings. The summed E-state index contributed by atoms with van der Waals surface area (Å²) in [5.41, 5.74) is 9.69. The van der Waals surface area contributed by atoms with E-state index >= 15 is 0 Å². The van der Waals surface area contributed by atoms with Gasteiger partial charge in [0.1, 0.15) is 5.82 Å². The van der Waals surface area contributed by atoms with Crippen molar-refractivity contribution in [1.29, 1.82) is 0 Å². The molecule has 23 heavy (non-hydrogen) atoms. The molecular formula is C17H19N3O3. The number of nitrogens with two attached hydrogens (primary N) is 1. The Labute approximate surface area is 134 Å². The number of aromatic nitrogens is 1. The Morgan fingerprint density at radius 2 is 1.96 bits per heavy atom. The summed E-state index contributed by atoms with van der Waals surface area (Å²) in [7, 11) is 0. The molecule has 2 aliphatic rings. The summed E-state index contributed by atoms with van der Waals surface area (Å²) in [5, 5.41) is 1.01. The molecule has 3 heterocycles. The van der Waals surface area contributed by atoms with Crippen LogP contribution in [0, 0.1) is 0 Å². The number of carbonyl (C=O) groups is 1. The number of hydrogen-bond acceptors (Lipinski definition) is 5. The van der Waals surface area contributed by atoms with E-state index < -0.39 is 0 Å². The van der Waals surface area contributed by atoms with E-state index in [0.29, 0.717) is 50.9 Å². The number of nitrogens with zero attached hydrogens (tertiary/aromatic N) is 2. The van der Waals surface area contributed by atoms with E-state index in [9.17, 15) is 4.79 Å². The van der Waals surface area contributed by atoms with Gasteiger partial charge in [-0.2, -0.15) is 0 Å². The lowest BCUT2D eigenvalue weighted by atomic mass is 9.97. The van der Waals surface area contributed by atoms with Crippen molar-refractivity contribution >= 4 is 22.6 Å². The number of ether oxygens (including phenoxy) is 2. The van der Waals surface area contributed by atoms with E-state index in [4.69, 9.17) is 15.2 Å². The molecule has 1 aromatic heterocycles. The van der Waals surface area contributed by atoms with Gasteiger partial charge < -0.3 is 20.1 Å². The van der Waals surface area contributed by atoms with Crippen molar-refractivity contribution in [3.8, 4) is 0 Å². The van der Waals surface area contributed by atoms with Crippen molar-refractivity contribution < 1.29 is 14.3 Å². The molecule has 1 aromatic carbocycles. The molecule has 0 radical (unpaired) electrons. The van der Waals surface area contributed by atoms with Gasteiger partial charge in [-0.15, -0.1) is 0 Å². The highest BCUT2D eigenvalue weighted by Crippen LogP contribution is 2.30. The topological polar surface area (TPSA) is 77.7 Å². The number of fused-ring (bicyclic) bond motifs is 3. The summed E-state index contributed by atoms with van der Waals surface area (Å²) in [6, 6.07) is 5.66. The summed E-state index contributed by atoms with van der Waals surface area (Å²) in [4.78, 5) is 19.0. The number of nitrogen functional groups attached to an aromatic ring is 1. The molecule has 120 valence electrons. The Bertz CT molecular complexity index is 769. The molecule has 1 saturated heterocycles. The number of anilines is 1. The zero-order valence-electron chi connectivity index (χ0n) is 12.9. The van der Waals surface area contributed by atoms with Gasteiger partial charge in [-0.25, -0.2) is 4.98 Å². The Kier molecular flexibility index (Phi) is 3.63. The number of rotatable bonds is 1. The molecule has 0 aliphatic carbocycles. The van der Waals surface area contributed by atoms with Crippen LogP contribution in [0.15, 0.2) is 18.2 Å². The van der Waals surface area contributed by atoms with Crippen LogP contribution in [0.25, 0.3) is 10.9 Å². The zero-order chi connectivity index (χ0) is 15.8. The molecule has 0 saturated carbocycles. The van der Waals surface area contributed by atoms with Crippen LogP contribution in [-0.2, 0) is 22.5 Å². The van der Waals surface area contributed by atoms with E-state index in [-0.39, 0.29) is 5.91 Å². The van der Waals surface area contributed by atoms with Gasteiger partial charge >= 0.3 is 0 Å². The SMILES string of the molecule is Nc1nc2ccc(C(=O)N3CCOCC3)cc2c2c1COCC2. The molecule has 0 unspecified atom stereocenters. The van der Waals surface area contributed by atoms with Gasteiger partial charge in [0.15, 0.2) is 0 Å². The smallest absolute Gasteiger partial charge is 0.254 e. The van der Waals surface area contributed by atoms with Crippen LogP contribution in [-0.4, -0.2) is 48.7 Å². The average Bonchev–Trinajstić information content (AvgIpc) is 2.62. The fourth-order valence-corrected chi connectivity index (χ4v) is 3.27. The van der Waals surface area contributed by atoms with Gasteiger partial charge in [0.05, 0.1) is 31.9 Å². The first kappa shape index (κ1) is 14.4. The second kappa shape index (κ2) is 5.79. The average molecular weight is 313 g/mol. The van der Waals surface area contributed by atoms with Crippen molar-refractivity contribution in [3.05, 3.63) is 34.9 Å². The summed E-state index contributed by atoms with van der Waals surface area (Å²) in [5.74, 6) is 0.576. The quantitative estimate of drug-likeness (QED) is 0.860. The largest absolute Gasteiger partial charge is 0.383 e. The molecular weight excluding hydrogens is 294 g/mol. The molecule has 6 nitrogen and oxygen atoms in total. The number of hydrogen-bond donors (Lipinski definition) is 1. The number of morpholine rings is 1. The maximum Gasteiger partial charge on any atom is 0.254 e. The lowest BCUT2D eigenvalue weighted by Crippen LogP contribution is -2.40. The van der Waals surface area contributed by atoms with Crippen molar-refractivity contribution in [2.45, 2.75) is 13.0 Å². The van der Waals surface area contributed by atoms with Gasteiger partial charge in [-0.3, -0.25) is 4.79 Å². The third-order valence-corrected chi connectivity index (χ3v) is 4.52. The van der Waals surface area contributed by atoms with Crippen molar-refractivity contribution in [2.24, 2.45) is 0 Å². The van der Waals surface area contributed by atoms with Crippen molar-refractivity contribution in [1.82, 2.24) is 9.88 Å². The molecule has 2 aromatic rings. The predicted octanol–water partition coefficient (Wildman–Crippen LogP) is 1.36. The monoisotopic (exact) mass is 313 g/mol. The first-order chi connectivity index (χ1) is 11.2. The predicted molar refractivity (Wildman–Crippen MR) is 86.2 cm³/mol. The Morgan fingerprint density at radius 3 is 2.78 bits per heavy atom. The van der Waals surface area contributed by atoms with E-state index in [0.717, 1.165) is 28.5 Å². The lowest BCUT2D eigenvalue weighted by Gasteiger charge is -2.27.